The number of hydrogen-bond acceptors (Lipinski definition) is 6. The van der Waals surface area contributed by atoms with Crippen molar-refractivity contribution in [1.82, 2.24) is 14.8 Å². The lowest BCUT2D eigenvalue weighted by Gasteiger charge is -2.32. The number of carbonyl (C=O) groups excluding carboxylic acids is 2. The maximum absolute atomic E-state index is 12.6. The number of nitrogens with zero attached hydrogens (tertiary/aromatic N) is 3. The molecule has 0 aliphatic carbocycles. The zero-order valence-electron chi connectivity index (χ0n) is 13.7. The maximum Gasteiger partial charge on any atom is 0.413 e. The number of amides is 2. The highest BCUT2D eigenvalue weighted by Gasteiger charge is 2.21. The van der Waals surface area contributed by atoms with Crippen LogP contribution in [0.2, 0.25) is 0 Å². The van der Waals surface area contributed by atoms with Gasteiger partial charge in [-0.1, -0.05) is 11.3 Å². The van der Waals surface area contributed by atoms with Crippen molar-refractivity contribution >= 4 is 38.7 Å². The van der Waals surface area contributed by atoms with Crippen LogP contribution in [-0.4, -0.2) is 66.6 Å². The number of likely N-dealkylation sites (N-methyl/N-ethyl adjacent to an activating group) is 1. The Hall–Kier alpha value is -2.19. The summed E-state index contributed by atoms with van der Waals surface area (Å²) in [5.74, 6) is 0.0401. The second-order valence-corrected chi connectivity index (χ2v) is 6.67. The van der Waals surface area contributed by atoms with Gasteiger partial charge in [0.05, 0.1) is 16.8 Å². The third kappa shape index (κ3) is 3.65. The molecule has 2 heterocycles. The summed E-state index contributed by atoms with van der Waals surface area (Å²) in [7, 11) is 2.06. The number of aromatic nitrogens is 1. The molecule has 7 nitrogen and oxygen atoms in total. The molecule has 1 aliphatic heterocycles. The quantitative estimate of drug-likeness (QED) is 0.921. The summed E-state index contributed by atoms with van der Waals surface area (Å²) in [5, 5.41) is 3.06. The van der Waals surface area contributed by atoms with Gasteiger partial charge >= 0.3 is 6.09 Å². The van der Waals surface area contributed by atoms with E-state index in [1.807, 2.05) is 17.0 Å². The Bertz CT molecular complexity index is 753. The number of nitrogens with one attached hydrogen (secondary N) is 1. The second kappa shape index (κ2) is 7.14. The van der Waals surface area contributed by atoms with Crippen molar-refractivity contribution in [3.05, 3.63) is 23.8 Å². The van der Waals surface area contributed by atoms with E-state index in [9.17, 15) is 9.59 Å². The van der Waals surface area contributed by atoms with Gasteiger partial charge in [-0.3, -0.25) is 10.1 Å². The lowest BCUT2D eigenvalue weighted by atomic mass is 10.1. The molecule has 1 aromatic heterocycles. The fourth-order valence-electron chi connectivity index (χ4n) is 2.56. The molecule has 3 rings (SSSR count). The summed E-state index contributed by atoms with van der Waals surface area (Å²) < 4.78 is 5.71. The molecule has 24 heavy (non-hydrogen) atoms. The van der Waals surface area contributed by atoms with Gasteiger partial charge in [-0.25, -0.2) is 9.78 Å². The van der Waals surface area contributed by atoms with E-state index in [1.54, 1.807) is 13.0 Å². The van der Waals surface area contributed by atoms with Gasteiger partial charge in [-0.2, -0.15) is 0 Å². The Kier molecular flexibility index (Phi) is 4.96. The monoisotopic (exact) mass is 348 g/mol. The summed E-state index contributed by atoms with van der Waals surface area (Å²) in [5.41, 5.74) is 1.40. The average molecular weight is 348 g/mol. The van der Waals surface area contributed by atoms with Gasteiger partial charge in [0.15, 0.2) is 5.13 Å². The van der Waals surface area contributed by atoms with E-state index in [1.165, 1.54) is 11.3 Å². The number of benzene rings is 1. The maximum atomic E-state index is 12.6. The van der Waals surface area contributed by atoms with Crippen LogP contribution in [0.4, 0.5) is 9.93 Å². The minimum Gasteiger partial charge on any atom is -0.450 e. The van der Waals surface area contributed by atoms with Crippen LogP contribution in [0, 0.1) is 0 Å². The molecule has 0 saturated carbocycles. The van der Waals surface area contributed by atoms with Crippen molar-refractivity contribution in [2.45, 2.75) is 6.92 Å². The van der Waals surface area contributed by atoms with E-state index in [0.717, 1.165) is 36.4 Å². The molecule has 0 atom stereocenters. The summed E-state index contributed by atoms with van der Waals surface area (Å²) >= 11 is 1.33. The summed E-state index contributed by atoms with van der Waals surface area (Å²) in [6.45, 7) is 5.32. The normalized spacial score (nSPS) is 15.5. The zero-order chi connectivity index (χ0) is 17.1. The lowest BCUT2D eigenvalue weighted by molar-refractivity contribution is 0.0664. The van der Waals surface area contributed by atoms with Crippen molar-refractivity contribution < 1.29 is 14.3 Å². The molecule has 0 bridgehead atoms. The number of hydrogen-bond donors (Lipinski definition) is 1. The van der Waals surface area contributed by atoms with Crippen molar-refractivity contribution in [1.29, 1.82) is 0 Å². The molecule has 2 amide bonds. The van der Waals surface area contributed by atoms with E-state index in [-0.39, 0.29) is 5.91 Å². The van der Waals surface area contributed by atoms with Gasteiger partial charge in [-0.15, -0.1) is 0 Å². The molecular formula is C16H20N4O3S. The molecule has 128 valence electrons. The number of fused-ring (bicyclic) bond motifs is 1. The number of piperazine rings is 1. The Labute approximate surface area is 144 Å². The Morgan fingerprint density at radius 1 is 1.29 bits per heavy atom. The summed E-state index contributed by atoms with van der Waals surface area (Å²) in [6.07, 6.45) is -0.523. The fraction of sp³-hybridized carbons (Fsp3) is 0.438. The molecule has 1 aromatic carbocycles. The predicted molar refractivity (Wildman–Crippen MR) is 93.7 cm³/mol. The Morgan fingerprint density at radius 3 is 2.75 bits per heavy atom. The minimum atomic E-state index is -0.523. The molecule has 2 aromatic rings. The topological polar surface area (TPSA) is 74.8 Å². The van der Waals surface area contributed by atoms with Crippen LogP contribution >= 0.6 is 11.3 Å². The van der Waals surface area contributed by atoms with Crippen molar-refractivity contribution in [2.24, 2.45) is 0 Å². The molecular weight excluding hydrogens is 328 g/mol. The highest BCUT2D eigenvalue weighted by Crippen LogP contribution is 2.27. The van der Waals surface area contributed by atoms with Crippen molar-refractivity contribution in [2.75, 3.05) is 45.2 Å². The number of anilines is 1. The Morgan fingerprint density at radius 2 is 2.04 bits per heavy atom. The van der Waals surface area contributed by atoms with Crippen molar-refractivity contribution in [3.8, 4) is 0 Å². The predicted octanol–water partition coefficient (Wildman–Crippen LogP) is 2.25. The van der Waals surface area contributed by atoms with Crippen LogP contribution in [0.25, 0.3) is 10.2 Å². The van der Waals surface area contributed by atoms with Gasteiger partial charge in [-0.05, 0) is 32.2 Å². The summed E-state index contributed by atoms with van der Waals surface area (Å²) in [4.78, 5) is 32.5. The van der Waals surface area contributed by atoms with Gasteiger partial charge < -0.3 is 14.5 Å². The third-order valence-corrected chi connectivity index (χ3v) is 4.84. The van der Waals surface area contributed by atoms with Gasteiger partial charge in [0, 0.05) is 31.7 Å². The third-order valence-electron chi connectivity index (χ3n) is 3.91. The van der Waals surface area contributed by atoms with Crippen LogP contribution < -0.4 is 5.32 Å². The van der Waals surface area contributed by atoms with Crippen LogP contribution in [0.5, 0.6) is 0 Å². The molecule has 0 unspecified atom stereocenters. The first kappa shape index (κ1) is 16.7. The number of carbonyl (C=O) groups is 2. The van der Waals surface area contributed by atoms with E-state index in [4.69, 9.17) is 4.74 Å². The summed E-state index contributed by atoms with van der Waals surface area (Å²) in [6, 6.07) is 5.44. The first-order chi connectivity index (χ1) is 11.6. The average Bonchev–Trinajstić information content (AvgIpc) is 2.96. The molecule has 1 N–H and O–H groups in total. The zero-order valence-corrected chi connectivity index (χ0v) is 14.6. The van der Waals surface area contributed by atoms with Crippen molar-refractivity contribution in [3.63, 3.8) is 0 Å². The molecule has 1 saturated heterocycles. The molecule has 8 heteroatoms. The molecule has 0 radical (unpaired) electrons. The molecule has 1 fully saturated rings. The highest BCUT2D eigenvalue weighted by molar-refractivity contribution is 7.22. The highest BCUT2D eigenvalue weighted by atomic mass is 32.1. The Balaban J connectivity index is 1.75. The first-order valence-electron chi connectivity index (χ1n) is 7.89. The van der Waals surface area contributed by atoms with Crippen LogP contribution in [0.15, 0.2) is 18.2 Å². The second-order valence-electron chi connectivity index (χ2n) is 5.64. The lowest BCUT2D eigenvalue weighted by Crippen LogP contribution is -2.47. The largest absolute Gasteiger partial charge is 0.450 e. The van der Waals surface area contributed by atoms with Gasteiger partial charge in [0.25, 0.3) is 5.91 Å². The van der Waals surface area contributed by atoms with E-state index < -0.39 is 6.09 Å². The van der Waals surface area contributed by atoms with Crippen LogP contribution in [0.3, 0.4) is 0 Å². The molecule has 0 spiro atoms. The SMILES string of the molecule is CCOC(=O)Nc1nc2ccc(C(=O)N3CCN(C)CC3)cc2s1. The molecule has 1 aliphatic rings. The number of thiazole rings is 1. The number of rotatable bonds is 3. The number of ether oxygens (including phenoxy) is 1. The van der Waals surface area contributed by atoms with Crippen LogP contribution in [-0.2, 0) is 4.74 Å². The van der Waals surface area contributed by atoms with Gasteiger partial charge in [0.1, 0.15) is 0 Å². The first-order valence-corrected chi connectivity index (χ1v) is 8.70. The minimum absolute atomic E-state index is 0.0401. The van der Waals surface area contributed by atoms with E-state index in [0.29, 0.717) is 17.3 Å². The van der Waals surface area contributed by atoms with E-state index >= 15 is 0 Å². The fourth-order valence-corrected chi connectivity index (χ4v) is 3.45. The van der Waals surface area contributed by atoms with E-state index in [2.05, 4.69) is 22.2 Å². The smallest absolute Gasteiger partial charge is 0.413 e. The van der Waals surface area contributed by atoms with Gasteiger partial charge in [0.2, 0.25) is 0 Å². The standard InChI is InChI=1S/C16H20N4O3S/c1-3-23-16(22)18-15-17-12-5-4-11(10-13(12)24-15)14(21)20-8-6-19(2)7-9-20/h4-5,10H,3,6-9H2,1-2H3,(H,17,18,22). The van der Waals surface area contributed by atoms with Crippen LogP contribution in [0.1, 0.15) is 17.3 Å².